The van der Waals surface area contributed by atoms with Gasteiger partial charge in [0.05, 0.1) is 26.4 Å². The Bertz CT molecular complexity index is 765. The number of carbonyl (C=O) groups excluding carboxylic acids is 2. The molecule has 0 radical (unpaired) electrons. The second kappa shape index (κ2) is 9.13. The third-order valence-electron chi connectivity index (χ3n) is 4.36. The van der Waals surface area contributed by atoms with Crippen LogP contribution in [-0.2, 0) is 27.4 Å². The molecule has 2 amide bonds. The Morgan fingerprint density at radius 1 is 1.41 bits per heavy atom. The SMILES string of the molecule is COc1cccc(CNC(=O)C[C@H]2COCCN2C(=O)Cn2cncn2)c1. The normalized spacial score (nSPS) is 16.8. The van der Waals surface area contributed by atoms with Gasteiger partial charge in [-0.2, -0.15) is 5.10 Å². The van der Waals surface area contributed by atoms with Gasteiger partial charge in [-0.05, 0) is 17.7 Å². The van der Waals surface area contributed by atoms with Crippen molar-refractivity contribution in [1.82, 2.24) is 25.0 Å². The topological polar surface area (TPSA) is 98.6 Å². The van der Waals surface area contributed by atoms with Gasteiger partial charge >= 0.3 is 0 Å². The van der Waals surface area contributed by atoms with Crippen LogP contribution >= 0.6 is 0 Å². The Labute approximate surface area is 157 Å². The number of amides is 2. The molecule has 1 atom stereocenters. The number of morpholine rings is 1. The lowest BCUT2D eigenvalue weighted by atomic mass is 10.1. The number of hydrogen-bond acceptors (Lipinski definition) is 6. The van der Waals surface area contributed by atoms with Crippen LogP contribution in [-0.4, -0.2) is 64.4 Å². The molecule has 2 aromatic rings. The first-order chi connectivity index (χ1) is 13.2. The third kappa shape index (κ3) is 5.27. The molecule has 2 heterocycles. The van der Waals surface area contributed by atoms with Gasteiger partial charge in [0.25, 0.3) is 0 Å². The Morgan fingerprint density at radius 2 is 2.30 bits per heavy atom. The number of benzene rings is 1. The molecular weight excluding hydrogens is 350 g/mol. The molecule has 9 heteroatoms. The van der Waals surface area contributed by atoms with Gasteiger partial charge in [-0.15, -0.1) is 0 Å². The number of methoxy groups -OCH3 is 1. The van der Waals surface area contributed by atoms with Crippen LogP contribution in [0.3, 0.4) is 0 Å². The summed E-state index contributed by atoms with van der Waals surface area (Å²) < 4.78 is 12.1. The highest BCUT2D eigenvalue weighted by molar-refractivity contribution is 5.80. The number of aromatic nitrogens is 3. The van der Waals surface area contributed by atoms with E-state index in [9.17, 15) is 9.59 Å². The van der Waals surface area contributed by atoms with E-state index in [1.54, 1.807) is 12.0 Å². The van der Waals surface area contributed by atoms with E-state index in [-0.39, 0.29) is 30.8 Å². The minimum atomic E-state index is -0.292. The molecule has 0 aliphatic carbocycles. The van der Waals surface area contributed by atoms with E-state index in [0.717, 1.165) is 11.3 Å². The van der Waals surface area contributed by atoms with Crippen LogP contribution < -0.4 is 10.1 Å². The summed E-state index contributed by atoms with van der Waals surface area (Å²) in [4.78, 5) is 30.4. The van der Waals surface area contributed by atoms with Crippen molar-refractivity contribution >= 4 is 11.8 Å². The van der Waals surface area contributed by atoms with Gasteiger partial charge in [0, 0.05) is 19.5 Å². The van der Waals surface area contributed by atoms with Gasteiger partial charge in [0.1, 0.15) is 24.9 Å². The molecule has 1 saturated heterocycles. The average Bonchev–Trinajstić information content (AvgIpc) is 3.20. The van der Waals surface area contributed by atoms with Crippen molar-refractivity contribution in [3.8, 4) is 5.75 Å². The summed E-state index contributed by atoms with van der Waals surface area (Å²) in [5.41, 5.74) is 0.946. The number of hydrogen-bond donors (Lipinski definition) is 1. The maximum Gasteiger partial charge on any atom is 0.244 e. The molecule has 9 nitrogen and oxygen atoms in total. The summed E-state index contributed by atoms with van der Waals surface area (Å²) in [6.45, 7) is 1.76. The summed E-state index contributed by atoms with van der Waals surface area (Å²) in [6.07, 6.45) is 3.07. The highest BCUT2D eigenvalue weighted by Gasteiger charge is 2.29. The fraction of sp³-hybridized carbons (Fsp3) is 0.444. The van der Waals surface area contributed by atoms with Crippen LogP contribution in [0, 0.1) is 0 Å². The smallest absolute Gasteiger partial charge is 0.244 e. The monoisotopic (exact) mass is 373 g/mol. The van der Waals surface area contributed by atoms with Gasteiger partial charge in [-0.1, -0.05) is 12.1 Å². The second-order valence-electron chi connectivity index (χ2n) is 6.24. The van der Waals surface area contributed by atoms with Crippen LogP contribution in [0.4, 0.5) is 0 Å². The predicted molar refractivity (Wildman–Crippen MR) is 95.8 cm³/mol. The summed E-state index contributed by atoms with van der Waals surface area (Å²) in [7, 11) is 1.60. The highest BCUT2D eigenvalue weighted by Crippen LogP contribution is 2.14. The summed E-state index contributed by atoms with van der Waals surface area (Å²) >= 11 is 0. The van der Waals surface area contributed by atoms with Crippen molar-refractivity contribution in [2.75, 3.05) is 26.9 Å². The lowest BCUT2D eigenvalue weighted by Crippen LogP contribution is -2.51. The third-order valence-corrected chi connectivity index (χ3v) is 4.36. The van der Waals surface area contributed by atoms with Gasteiger partial charge in [0.2, 0.25) is 11.8 Å². The largest absolute Gasteiger partial charge is 0.497 e. The molecule has 144 valence electrons. The van der Waals surface area contributed by atoms with Crippen molar-refractivity contribution in [2.24, 2.45) is 0 Å². The molecule has 1 aliphatic heterocycles. The maximum absolute atomic E-state index is 12.5. The van der Waals surface area contributed by atoms with E-state index in [1.807, 2.05) is 24.3 Å². The number of nitrogens with zero attached hydrogens (tertiary/aromatic N) is 4. The van der Waals surface area contributed by atoms with E-state index in [1.165, 1.54) is 17.3 Å². The zero-order valence-electron chi connectivity index (χ0n) is 15.2. The molecule has 1 N–H and O–H groups in total. The first-order valence-corrected chi connectivity index (χ1v) is 8.75. The van der Waals surface area contributed by atoms with Gasteiger partial charge in [-0.25, -0.2) is 9.67 Å². The standard InChI is InChI=1S/C18H23N5O4/c1-26-16-4-2-3-14(7-16)9-20-17(24)8-15-11-27-6-5-23(15)18(25)10-22-13-19-12-21-22/h2-4,7,12-13,15H,5-6,8-11H2,1H3,(H,20,24)/t15-/m0/s1. The Kier molecular flexibility index (Phi) is 6.37. The molecule has 1 aliphatic rings. The molecule has 0 unspecified atom stereocenters. The summed E-state index contributed by atoms with van der Waals surface area (Å²) in [5, 5.41) is 6.84. The van der Waals surface area contributed by atoms with E-state index < -0.39 is 0 Å². The van der Waals surface area contributed by atoms with E-state index in [0.29, 0.717) is 26.3 Å². The van der Waals surface area contributed by atoms with E-state index >= 15 is 0 Å². The van der Waals surface area contributed by atoms with Crippen molar-refractivity contribution in [1.29, 1.82) is 0 Å². The molecule has 1 fully saturated rings. The number of nitrogens with one attached hydrogen (secondary N) is 1. The molecular formula is C18H23N5O4. The van der Waals surface area contributed by atoms with Crippen LogP contribution in [0.2, 0.25) is 0 Å². The molecule has 27 heavy (non-hydrogen) atoms. The quantitative estimate of drug-likeness (QED) is 0.746. The van der Waals surface area contributed by atoms with Gasteiger partial charge in [-0.3, -0.25) is 9.59 Å². The second-order valence-corrected chi connectivity index (χ2v) is 6.24. The van der Waals surface area contributed by atoms with Gasteiger partial charge in [0.15, 0.2) is 0 Å². The minimum absolute atomic E-state index is 0.0991. The van der Waals surface area contributed by atoms with E-state index in [2.05, 4.69) is 15.4 Å². The van der Waals surface area contributed by atoms with Crippen LogP contribution in [0.15, 0.2) is 36.9 Å². The Hall–Kier alpha value is -2.94. The van der Waals surface area contributed by atoms with Crippen molar-refractivity contribution < 1.29 is 19.1 Å². The summed E-state index contributed by atoms with van der Waals surface area (Å²) in [5.74, 6) is 0.508. The molecule has 0 saturated carbocycles. The molecule has 0 spiro atoms. The van der Waals surface area contributed by atoms with Crippen LogP contribution in [0.25, 0.3) is 0 Å². The number of ether oxygens (including phenoxy) is 2. The molecule has 1 aromatic heterocycles. The zero-order valence-corrected chi connectivity index (χ0v) is 15.2. The Morgan fingerprint density at radius 3 is 3.07 bits per heavy atom. The lowest BCUT2D eigenvalue weighted by Gasteiger charge is -2.35. The first kappa shape index (κ1) is 18.8. The Balaban J connectivity index is 1.53. The number of rotatable bonds is 7. The van der Waals surface area contributed by atoms with E-state index in [4.69, 9.17) is 9.47 Å². The average molecular weight is 373 g/mol. The fourth-order valence-electron chi connectivity index (χ4n) is 2.97. The lowest BCUT2D eigenvalue weighted by molar-refractivity contribution is -0.142. The molecule has 3 rings (SSSR count). The molecule has 1 aromatic carbocycles. The van der Waals surface area contributed by atoms with Gasteiger partial charge < -0.3 is 19.7 Å². The summed E-state index contributed by atoms with van der Waals surface area (Å²) in [6, 6.07) is 7.22. The van der Waals surface area contributed by atoms with Crippen molar-refractivity contribution in [3.05, 3.63) is 42.5 Å². The fourth-order valence-corrected chi connectivity index (χ4v) is 2.97. The minimum Gasteiger partial charge on any atom is -0.497 e. The predicted octanol–water partition coefficient (Wildman–Crippen LogP) is 0.221. The van der Waals surface area contributed by atoms with Crippen LogP contribution in [0.5, 0.6) is 5.75 Å². The maximum atomic E-state index is 12.5. The first-order valence-electron chi connectivity index (χ1n) is 8.75. The zero-order chi connectivity index (χ0) is 19.1. The van der Waals surface area contributed by atoms with Crippen LogP contribution in [0.1, 0.15) is 12.0 Å². The van der Waals surface area contributed by atoms with Crippen molar-refractivity contribution in [2.45, 2.75) is 25.6 Å². The molecule has 0 bridgehead atoms. The van der Waals surface area contributed by atoms with Crippen molar-refractivity contribution in [3.63, 3.8) is 0 Å². The highest BCUT2D eigenvalue weighted by atomic mass is 16.5. The number of carbonyl (C=O) groups is 2.